The fraction of sp³-hybridized carbons (Fsp3) is 0.273. The molecule has 0 amide bonds. The van der Waals surface area contributed by atoms with E-state index in [1.165, 1.54) is 18.2 Å². The molecule has 0 saturated heterocycles. The Bertz CT molecular complexity index is 512. The zero-order valence-corrected chi connectivity index (χ0v) is 11.1. The monoisotopic (exact) mass is 274 g/mol. The van der Waals surface area contributed by atoms with Crippen molar-refractivity contribution in [2.75, 3.05) is 12.3 Å². The van der Waals surface area contributed by atoms with Gasteiger partial charge in [0, 0.05) is 6.54 Å². The highest BCUT2D eigenvalue weighted by molar-refractivity contribution is 7.89. The number of hydrogen-bond acceptors (Lipinski definition) is 3. The maximum absolute atomic E-state index is 11.8. The van der Waals surface area contributed by atoms with Crippen molar-refractivity contribution < 1.29 is 8.42 Å². The minimum Gasteiger partial charge on any atom is -0.397 e. The summed E-state index contributed by atoms with van der Waals surface area (Å²) in [4.78, 5) is 0.125. The van der Waals surface area contributed by atoms with Gasteiger partial charge in [-0.1, -0.05) is 23.8 Å². The molecule has 17 heavy (non-hydrogen) atoms. The van der Waals surface area contributed by atoms with Crippen molar-refractivity contribution in [3.63, 3.8) is 0 Å². The molecule has 0 atom stereocenters. The number of nitrogens with one attached hydrogen (secondary N) is 1. The summed E-state index contributed by atoms with van der Waals surface area (Å²) in [6.45, 7) is 2.24. The van der Waals surface area contributed by atoms with E-state index in [9.17, 15) is 8.42 Å². The molecule has 0 aliphatic heterocycles. The van der Waals surface area contributed by atoms with E-state index in [-0.39, 0.29) is 10.6 Å². The molecular weight excluding hydrogens is 260 g/mol. The van der Waals surface area contributed by atoms with E-state index < -0.39 is 10.0 Å². The second kappa shape index (κ2) is 6.05. The van der Waals surface area contributed by atoms with Gasteiger partial charge in [-0.15, -0.1) is 0 Å². The number of rotatable bonds is 5. The molecule has 0 spiro atoms. The van der Waals surface area contributed by atoms with Crippen molar-refractivity contribution in [2.24, 2.45) is 0 Å². The molecular formula is C11H15ClN2O2S. The molecule has 1 aromatic carbocycles. The Morgan fingerprint density at radius 3 is 2.76 bits per heavy atom. The van der Waals surface area contributed by atoms with Gasteiger partial charge in [0.25, 0.3) is 0 Å². The number of sulfonamides is 1. The van der Waals surface area contributed by atoms with Crippen molar-refractivity contribution in [2.45, 2.75) is 18.2 Å². The number of halogens is 1. The van der Waals surface area contributed by atoms with Crippen LogP contribution in [0.2, 0.25) is 5.02 Å². The van der Waals surface area contributed by atoms with Gasteiger partial charge in [-0.3, -0.25) is 0 Å². The lowest BCUT2D eigenvalue weighted by Crippen LogP contribution is -2.24. The first-order valence-corrected chi connectivity index (χ1v) is 6.99. The van der Waals surface area contributed by atoms with Crippen LogP contribution >= 0.6 is 11.6 Å². The second-order valence-corrected chi connectivity index (χ2v) is 5.61. The molecule has 0 heterocycles. The molecule has 0 bridgehead atoms. The Hall–Kier alpha value is -1.04. The normalized spacial score (nSPS) is 12.1. The standard InChI is InChI=1S/C11H15ClN2O2S/c1-2-3-4-7-14-17(15,16)9-5-6-10(12)11(13)8-9/h2-3,5-6,8,14H,4,7,13H2,1H3/b3-2+. The fourth-order valence-electron chi connectivity index (χ4n) is 1.22. The van der Waals surface area contributed by atoms with Gasteiger partial charge in [0.15, 0.2) is 0 Å². The van der Waals surface area contributed by atoms with E-state index in [2.05, 4.69) is 4.72 Å². The number of nitrogen functional groups attached to an aromatic ring is 1. The van der Waals surface area contributed by atoms with Crippen LogP contribution in [-0.4, -0.2) is 15.0 Å². The SMILES string of the molecule is C/C=C/CCNS(=O)(=O)c1ccc(Cl)c(N)c1. The van der Waals surface area contributed by atoms with Gasteiger partial charge < -0.3 is 5.73 Å². The van der Waals surface area contributed by atoms with E-state index in [4.69, 9.17) is 17.3 Å². The lowest BCUT2D eigenvalue weighted by molar-refractivity contribution is 0.582. The second-order valence-electron chi connectivity index (χ2n) is 3.44. The molecule has 0 aliphatic carbocycles. The van der Waals surface area contributed by atoms with Crippen LogP contribution in [0.25, 0.3) is 0 Å². The van der Waals surface area contributed by atoms with Crippen molar-refractivity contribution in [3.05, 3.63) is 35.4 Å². The van der Waals surface area contributed by atoms with Crippen LogP contribution < -0.4 is 10.5 Å². The summed E-state index contributed by atoms with van der Waals surface area (Å²) in [6, 6.07) is 4.24. The first-order valence-electron chi connectivity index (χ1n) is 5.13. The van der Waals surface area contributed by atoms with Gasteiger partial charge in [0.05, 0.1) is 15.6 Å². The van der Waals surface area contributed by atoms with Crippen LogP contribution in [0.5, 0.6) is 0 Å². The number of allylic oxidation sites excluding steroid dienone is 1. The van der Waals surface area contributed by atoms with Crippen LogP contribution in [0, 0.1) is 0 Å². The third-order valence-electron chi connectivity index (χ3n) is 2.12. The van der Waals surface area contributed by atoms with Gasteiger partial charge in [-0.05, 0) is 31.5 Å². The largest absolute Gasteiger partial charge is 0.397 e. The number of benzene rings is 1. The first kappa shape index (κ1) is 14.0. The zero-order valence-electron chi connectivity index (χ0n) is 9.48. The molecule has 4 nitrogen and oxygen atoms in total. The zero-order chi connectivity index (χ0) is 12.9. The summed E-state index contributed by atoms with van der Waals surface area (Å²) in [5, 5.41) is 0.345. The topological polar surface area (TPSA) is 72.2 Å². The average Bonchev–Trinajstić information content (AvgIpc) is 2.28. The van der Waals surface area contributed by atoms with Crippen molar-refractivity contribution >= 4 is 27.3 Å². The van der Waals surface area contributed by atoms with E-state index in [1.807, 2.05) is 19.1 Å². The predicted octanol–water partition coefficient (Wildman–Crippen LogP) is 2.17. The summed E-state index contributed by atoms with van der Waals surface area (Å²) >= 11 is 5.73. The smallest absolute Gasteiger partial charge is 0.240 e. The molecule has 1 aromatic rings. The molecule has 6 heteroatoms. The Kier molecular flexibility index (Phi) is 4.99. The summed E-state index contributed by atoms with van der Waals surface area (Å²) < 4.78 is 26.1. The molecule has 0 aliphatic rings. The lowest BCUT2D eigenvalue weighted by atomic mass is 10.3. The quantitative estimate of drug-likeness (QED) is 0.491. The molecule has 3 N–H and O–H groups in total. The summed E-state index contributed by atoms with van der Waals surface area (Å²) in [5.74, 6) is 0. The maximum atomic E-state index is 11.8. The van der Waals surface area contributed by atoms with Crippen LogP contribution in [0.1, 0.15) is 13.3 Å². The number of hydrogen-bond donors (Lipinski definition) is 2. The molecule has 0 radical (unpaired) electrons. The Balaban J connectivity index is 2.79. The van der Waals surface area contributed by atoms with E-state index in [0.717, 1.165) is 0 Å². The van der Waals surface area contributed by atoms with Crippen LogP contribution in [0.4, 0.5) is 5.69 Å². The highest BCUT2D eigenvalue weighted by Gasteiger charge is 2.13. The van der Waals surface area contributed by atoms with E-state index in [0.29, 0.717) is 18.0 Å². The van der Waals surface area contributed by atoms with Gasteiger partial charge in [-0.25, -0.2) is 13.1 Å². The van der Waals surface area contributed by atoms with Crippen molar-refractivity contribution in [1.29, 1.82) is 0 Å². The third-order valence-corrected chi connectivity index (χ3v) is 3.92. The Labute approximate surface area is 107 Å². The van der Waals surface area contributed by atoms with Gasteiger partial charge in [-0.2, -0.15) is 0 Å². The highest BCUT2D eigenvalue weighted by Crippen LogP contribution is 2.21. The number of anilines is 1. The molecule has 0 unspecified atom stereocenters. The lowest BCUT2D eigenvalue weighted by Gasteiger charge is -2.07. The highest BCUT2D eigenvalue weighted by atomic mass is 35.5. The minimum atomic E-state index is -3.50. The number of nitrogens with two attached hydrogens (primary N) is 1. The average molecular weight is 275 g/mol. The predicted molar refractivity (Wildman–Crippen MR) is 70.5 cm³/mol. The molecule has 0 saturated carbocycles. The third kappa shape index (κ3) is 4.03. The molecule has 94 valence electrons. The van der Waals surface area contributed by atoms with Crippen molar-refractivity contribution in [3.8, 4) is 0 Å². The molecule has 0 fully saturated rings. The van der Waals surface area contributed by atoms with Gasteiger partial charge >= 0.3 is 0 Å². The van der Waals surface area contributed by atoms with Crippen LogP contribution in [0.3, 0.4) is 0 Å². The molecule has 0 aromatic heterocycles. The summed E-state index contributed by atoms with van der Waals surface area (Å²) in [7, 11) is -3.50. The van der Waals surface area contributed by atoms with Crippen LogP contribution in [-0.2, 0) is 10.0 Å². The summed E-state index contributed by atoms with van der Waals surface area (Å²) in [6.07, 6.45) is 4.41. The van der Waals surface area contributed by atoms with Crippen LogP contribution in [0.15, 0.2) is 35.2 Å². The van der Waals surface area contributed by atoms with E-state index >= 15 is 0 Å². The van der Waals surface area contributed by atoms with Gasteiger partial charge in [0.2, 0.25) is 10.0 Å². The van der Waals surface area contributed by atoms with Crippen molar-refractivity contribution in [1.82, 2.24) is 4.72 Å². The minimum absolute atomic E-state index is 0.125. The first-order chi connectivity index (χ1) is 7.97. The molecule has 1 rings (SSSR count). The van der Waals surface area contributed by atoms with Gasteiger partial charge in [0.1, 0.15) is 0 Å². The Morgan fingerprint density at radius 2 is 2.18 bits per heavy atom. The summed E-state index contributed by atoms with van der Waals surface area (Å²) in [5.41, 5.74) is 5.81. The fourth-order valence-corrected chi connectivity index (χ4v) is 2.42. The van der Waals surface area contributed by atoms with E-state index in [1.54, 1.807) is 0 Å². The Morgan fingerprint density at radius 1 is 1.47 bits per heavy atom. The maximum Gasteiger partial charge on any atom is 0.240 e.